The van der Waals surface area contributed by atoms with Crippen LogP contribution in [0.5, 0.6) is 0 Å². The Bertz CT molecular complexity index is 1020. The lowest BCUT2D eigenvalue weighted by atomic mass is 9.68. The van der Waals surface area contributed by atoms with Gasteiger partial charge in [-0.1, -0.05) is 102 Å². The Labute approximate surface area is 241 Å². The molecule has 3 atom stereocenters. The van der Waals surface area contributed by atoms with Crippen LogP contribution >= 0.6 is 0 Å². The minimum atomic E-state index is -0.620. The van der Waals surface area contributed by atoms with Crippen LogP contribution in [0.25, 0.3) is 0 Å². The highest BCUT2D eigenvalue weighted by Crippen LogP contribution is 2.42. The van der Waals surface area contributed by atoms with Gasteiger partial charge in [-0.25, -0.2) is 4.79 Å². The van der Waals surface area contributed by atoms with Crippen LogP contribution in [0.4, 0.5) is 4.79 Å². The Balaban J connectivity index is 1.26. The van der Waals surface area contributed by atoms with Gasteiger partial charge in [0.25, 0.3) is 0 Å². The quantitative estimate of drug-likeness (QED) is 0.314. The van der Waals surface area contributed by atoms with Crippen LogP contribution in [0.1, 0.15) is 121 Å². The van der Waals surface area contributed by atoms with Gasteiger partial charge in [0.2, 0.25) is 0 Å². The van der Waals surface area contributed by atoms with Gasteiger partial charge in [0.1, 0.15) is 5.54 Å². The van der Waals surface area contributed by atoms with Gasteiger partial charge in [0.15, 0.2) is 5.78 Å². The first-order valence-electron chi connectivity index (χ1n) is 16.5. The van der Waals surface area contributed by atoms with Gasteiger partial charge in [-0.05, 0) is 55.1 Å². The number of amides is 2. The van der Waals surface area contributed by atoms with E-state index < -0.39 is 5.54 Å². The molecule has 6 heteroatoms. The lowest BCUT2D eigenvalue weighted by molar-refractivity contribution is -0.129. The number of amidine groups is 1. The molecule has 40 heavy (non-hydrogen) atoms. The Hall–Kier alpha value is -2.37. The summed E-state index contributed by atoms with van der Waals surface area (Å²) in [7, 11) is 0. The lowest BCUT2D eigenvalue weighted by Crippen LogP contribution is -2.49. The van der Waals surface area contributed by atoms with E-state index >= 15 is 0 Å². The van der Waals surface area contributed by atoms with Crippen molar-refractivity contribution in [3.05, 3.63) is 35.4 Å². The van der Waals surface area contributed by atoms with E-state index in [1.807, 2.05) is 4.90 Å². The predicted octanol–water partition coefficient (Wildman–Crippen LogP) is 6.94. The number of Topliss-reactive ketones (excluding diaryl/α,β-unsaturated/α-hetero) is 1. The molecule has 1 aromatic rings. The molecule has 6 nitrogen and oxygen atoms in total. The molecule has 4 aliphatic rings. The fourth-order valence-electron chi connectivity index (χ4n) is 8.07. The highest BCUT2D eigenvalue weighted by molar-refractivity contribution is 6.00. The maximum Gasteiger partial charge on any atom is 0.318 e. The highest BCUT2D eigenvalue weighted by Gasteiger charge is 2.46. The zero-order valence-corrected chi connectivity index (χ0v) is 24.8. The summed E-state index contributed by atoms with van der Waals surface area (Å²) in [6.45, 7) is 3.55. The molecule has 2 aliphatic heterocycles. The van der Waals surface area contributed by atoms with Crippen molar-refractivity contribution < 1.29 is 9.59 Å². The van der Waals surface area contributed by atoms with E-state index in [0.29, 0.717) is 36.9 Å². The Morgan fingerprint density at radius 2 is 1.57 bits per heavy atom. The number of nitrogens with two attached hydrogens (primary N) is 1. The molecular weight excluding hydrogens is 496 g/mol. The summed E-state index contributed by atoms with van der Waals surface area (Å²) in [5, 5.41) is 3.09. The summed E-state index contributed by atoms with van der Waals surface area (Å²) in [6, 6.07) is 8.83. The molecule has 2 amide bonds. The van der Waals surface area contributed by atoms with Crippen molar-refractivity contribution in [2.24, 2.45) is 28.5 Å². The van der Waals surface area contributed by atoms with Gasteiger partial charge in [-0.2, -0.15) is 0 Å². The molecule has 0 bridgehead atoms. The first-order chi connectivity index (χ1) is 19.4. The van der Waals surface area contributed by atoms with Crippen LogP contribution in [-0.4, -0.2) is 40.7 Å². The van der Waals surface area contributed by atoms with Crippen molar-refractivity contribution in [3.63, 3.8) is 0 Å². The second-order valence-corrected chi connectivity index (χ2v) is 13.5. The fourth-order valence-corrected chi connectivity index (χ4v) is 8.07. The van der Waals surface area contributed by atoms with Gasteiger partial charge < -0.3 is 16.0 Å². The predicted molar refractivity (Wildman–Crippen MR) is 162 cm³/mol. The summed E-state index contributed by atoms with van der Waals surface area (Å²) in [4.78, 5) is 33.7. The highest BCUT2D eigenvalue weighted by atomic mass is 16.2. The molecule has 3 N–H and O–H groups in total. The molecule has 0 radical (unpaired) electrons. The Morgan fingerprint density at radius 1 is 0.925 bits per heavy atom. The molecule has 1 unspecified atom stereocenters. The van der Waals surface area contributed by atoms with Crippen LogP contribution < -0.4 is 11.1 Å². The van der Waals surface area contributed by atoms with E-state index in [4.69, 9.17) is 10.7 Å². The second-order valence-electron chi connectivity index (χ2n) is 13.5. The number of nitrogens with one attached hydrogen (secondary N) is 1. The standard InChI is InChI=1S/C34H52N4O2/c1-2-9-30-24-38(33(40)36-30)23-28-16-14-26(15-17-28)20-29-21-31(35)37-34(32(29)39,22-27-12-7-4-8-13-27)19-18-25-10-5-3-6-11-25/h14-17,25,27,29-30H,2-13,18-24H2,1H3,(H2,35,37)(H,36,40)/t29?,30-,34+/m0/s1. The number of ketones is 1. The second kappa shape index (κ2) is 13.5. The largest absolute Gasteiger partial charge is 0.387 e. The van der Waals surface area contributed by atoms with Crippen molar-refractivity contribution >= 4 is 17.6 Å². The van der Waals surface area contributed by atoms with Crippen molar-refractivity contribution in [2.45, 2.75) is 134 Å². The Kier molecular flexibility index (Phi) is 9.85. The number of hydrogen-bond acceptors (Lipinski definition) is 4. The molecule has 1 aromatic carbocycles. The summed E-state index contributed by atoms with van der Waals surface area (Å²) >= 11 is 0. The number of hydrogen-bond donors (Lipinski definition) is 2. The number of carbonyl (C=O) groups is 2. The molecule has 0 spiro atoms. The third kappa shape index (κ3) is 7.28. The molecule has 220 valence electrons. The van der Waals surface area contributed by atoms with Crippen molar-refractivity contribution in [1.82, 2.24) is 10.2 Å². The summed E-state index contributed by atoms with van der Waals surface area (Å²) in [5.41, 5.74) is 8.23. The summed E-state index contributed by atoms with van der Waals surface area (Å²) in [6.07, 6.45) is 19.3. The number of carbonyl (C=O) groups excluding carboxylic acids is 2. The van der Waals surface area contributed by atoms with Gasteiger partial charge in [-0.15, -0.1) is 0 Å². The van der Waals surface area contributed by atoms with Gasteiger partial charge in [0, 0.05) is 31.5 Å². The molecule has 1 saturated heterocycles. The van der Waals surface area contributed by atoms with E-state index in [2.05, 4.69) is 36.5 Å². The van der Waals surface area contributed by atoms with E-state index in [0.717, 1.165) is 50.1 Å². The maximum atomic E-state index is 14.3. The van der Waals surface area contributed by atoms with Gasteiger partial charge >= 0.3 is 6.03 Å². The van der Waals surface area contributed by atoms with E-state index in [9.17, 15) is 9.59 Å². The number of benzene rings is 1. The SMILES string of the molecule is CCC[C@H]1CN(Cc2ccc(CC3CC(N)=N[C@](CCC4CCCCC4)(CC4CCCCC4)C3=O)cc2)C(=O)N1. The summed E-state index contributed by atoms with van der Waals surface area (Å²) < 4.78 is 0. The van der Waals surface area contributed by atoms with Gasteiger partial charge in [0.05, 0.1) is 5.84 Å². The first-order valence-corrected chi connectivity index (χ1v) is 16.5. The zero-order chi connectivity index (χ0) is 28.0. The van der Waals surface area contributed by atoms with Crippen LogP contribution in [0.15, 0.2) is 29.3 Å². The molecule has 2 saturated carbocycles. The van der Waals surface area contributed by atoms with Crippen LogP contribution in [0.2, 0.25) is 0 Å². The first kappa shape index (κ1) is 29.1. The minimum absolute atomic E-state index is 0.0348. The van der Waals surface area contributed by atoms with E-state index in [-0.39, 0.29) is 18.0 Å². The number of nitrogens with zero attached hydrogens (tertiary/aromatic N) is 2. The minimum Gasteiger partial charge on any atom is -0.387 e. The molecule has 5 rings (SSSR count). The average molecular weight is 549 g/mol. The van der Waals surface area contributed by atoms with Crippen molar-refractivity contribution in [2.75, 3.05) is 6.54 Å². The maximum absolute atomic E-state index is 14.3. The summed E-state index contributed by atoms with van der Waals surface area (Å²) in [5.74, 6) is 2.27. The average Bonchev–Trinajstić information content (AvgIpc) is 3.30. The van der Waals surface area contributed by atoms with Crippen LogP contribution in [-0.2, 0) is 17.8 Å². The number of aliphatic imine (C=N–C) groups is 1. The normalized spacial score (nSPS) is 28.5. The number of rotatable bonds is 11. The van der Waals surface area contributed by atoms with E-state index in [1.54, 1.807) is 0 Å². The smallest absolute Gasteiger partial charge is 0.318 e. The van der Waals surface area contributed by atoms with Crippen LogP contribution in [0.3, 0.4) is 0 Å². The molecule has 2 aliphatic carbocycles. The van der Waals surface area contributed by atoms with Gasteiger partial charge in [-0.3, -0.25) is 9.79 Å². The topological polar surface area (TPSA) is 87.8 Å². The third-order valence-corrected chi connectivity index (χ3v) is 10.3. The monoisotopic (exact) mass is 548 g/mol. The van der Waals surface area contributed by atoms with Crippen molar-refractivity contribution in [3.8, 4) is 0 Å². The molecular formula is C34H52N4O2. The molecule has 3 fully saturated rings. The molecule has 0 aromatic heterocycles. The molecule has 2 heterocycles. The Morgan fingerprint density at radius 3 is 2.25 bits per heavy atom. The van der Waals surface area contributed by atoms with Crippen LogP contribution in [0, 0.1) is 17.8 Å². The van der Waals surface area contributed by atoms with E-state index in [1.165, 1.54) is 69.8 Å². The fraction of sp³-hybridized carbons (Fsp3) is 0.735. The van der Waals surface area contributed by atoms with Crippen molar-refractivity contribution in [1.29, 1.82) is 0 Å². The zero-order valence-electron chi connectivity index (χ0n) is 24.8. The number of urea groups is 1. The lowest BCUT2D eigenvalue weighted by Gasteiger charge is -2.40. The third-order valence-electron chi connectivity index (χ3n) is 10.3.